The van der Waals surface area contributed by atoms with E-state index in [1.807, 2.05) is 0 Å². The molecule has 2 unspecified atom stereocenters. The molecule has 0 amide bonds. The Kier molecular flexibility index (Phi) is 36.8. The molecule has 0 N–H and O–H groups in total. The number of aliphatic carboxylic acids is 1. The van der Waals surface area contributed by atoms with Gasteiger partial charge in [0.25, 0.3) is 0 Å². The van der Waals surface area contributed by atoms with Crippen molar-refractivity contribution in [3.8, 4) is 0 Å². The smallest absolute Gasteiger partial charge is 0.306 e. The highest BCUT2D eigenvalue weighted by Crippen LogP contribution is 2.13. The zero-order valence-electron chi connectivity index (χ0n) is 36.5. The number of ether oxygens (including phenoxy) is 3. The summed E-state index contributed by atoms with van der Waals surface area (Å²) < 4.78 is 17.1. The van der Waals surface area contributed by atoms with E-state index < -0.39 is 18.1 Å². The van der Waals surface area contributed by atoms with Crippen molar-refractivity contribution in [2.24, 2.45) is 0 Å². The van der Waals surface area contributed by atoms with Gasteiger partial charge in [-0.25, -0.2) is 0 Å². The quantitative estimate of drug-likeness (QED) is 0.0201. The van der Waals surface area contributed by atoms with Gasteiger partial charge in [0.1, 0.15) is 12.6 Å². The number of unbranched alkanes of at least 4 members (excludes halogenated alkanes) is 17. The number of hydrogen-bond donors (Lipinski definition) is 0. The highest BCUT2D eigenvalue weighted by atomic mass is 16.6. The van der Waals surface area contributed by atoms with Crippen LogP contribution in [-0.2, 0) is 28.6 Å². The Morgan fingerprint density at radius 1 is 0.571 bits per heavy atom. The fraction of sp³-hybridized carbons (Fsp3) is 0.729. The highest BCUT2D eigenvalue weighted by Gasteiger charge is 2.25. The minimum absolute atomic E-state index is 0.0275. The third-order valence-corrected chi connectivity index (χ3v) is 9.70. The Morgan fingerprint density at radius 2 is 1.07 bits per heavy atom. The third kappa shape index (κ3) is 36.7. The van der Waals surface area contributed by atoms with E-state index in [0.717, 1.165) is 83.5 Å². The number of carboxylic acids is 1. The van der Waals surface area contributed by atoms with Crippen LogP contribution in [0.4, 0.5) is 0 Å². The number of nitrogens with zero attached hydrogens (tertiary/aromatic N) is 1. The van der Waals surface area contributed by atoms with E-state index in [1.165, 1.54) is 57.8 Å². The second-order valence-corrected chi connectivity index (χ2v) is 16.0. The largest absolute Gasteiger partial charge is 0.544 e. The van der Waals surface area contributed by atoms with Crippen molar-refractivity contribution in [1.82, 2.24) is 0 Å². The van der Waals surface area contributed by atoms with Crippen LogP contribution in [0.15, 0.2) is 60.8 Å². The fourth-order valence-corrected chi connectivity index (χ4v) is 6.23. The molecular formula is C48H83NO7. The van der Waals surface area contributed by atoms with Crippen LogP contribution >= 0.6 is 0 Å². The van der Waals surface area contributed by atoms with Crippen LogP contribution in [0, 0.1) is 0 Å². The number of likely N-dealkylation sites (N-methyl/N-ethyl adjacent to an activating group) is 1. The molecule has 0 aliphatic rings. The van der Waals surface area contributed by atoms with Crippen LogP contribution in [0.3, 0.4) is 0 Å². The molecule has 0 saturated carbocycles. The highest BCUT2D eigenvalue weighted by molar-refractivity contribution is 5.70. The topological polar surface area (TPSA) is 102 Å². The zero-order valence-corrected chi connectivity index (χ0v) is 36.5. The molecule has 0 heterocycles. The van der Waals surface area contributed by atoms with Gasteiger partial charge in [0.15, 0.2) is 6.10 Å². The van der Waals surface area contributed by atoms with Crippen molar-refractivity contribution < 1.29 is 38.2 Å². The van der Waals surface area contributed by atoms with E-state index in [2.05, 4.69) is 74.6 Å². The molecule has 2 atom stereocenters. The fourth-order valence-electron chi connectivity index (χ4n) is 6.23. The van der Waals surface area contributed by atoms with Crippen molar-refractivity contribution in [2.75, 3.05) is 41.0 Å². The van der Waals surface area contributed by atoms with E-state index in [1.54, 1.807) is 21.1 Å². The van der Waals surface area contributed by atoms with Crippen molar-refractivity contribution in [3.05, 3.63) is 60.8 Å². The van der Waals surface area contributed by atoms with E-state index >= 15 is 0 Å². The zero-order chi connectivity index (χ0) is 41.4. The minimum atomic E-state index is -1.13. The molecule has 0 aromatic carbocycles. The first-order valence-electron chi connectivity index (χ1n) is 22.3. The second kappa shape index (κ2) is 38.9. The first-order chi connectivity index (χ1) is 27.1. The van der Waals surface area contributed by atoms with Gasteiger partial charge in [-0.2, -0.15) is 0 Å². The van der Waals surface area contributed by atoms with Crippen LogP contribution in [-0.4, -0.2) is 75.5 Å². The SMILES string of the molecule is CC/C=C/C/C=C/CCCCCCCCCC(=O)OCC(COCCC(C(=O)[O-])[N+](C)(C)C)OC(=O)CCCCCCC/C=C/C=C/C=C/CCCCCCC. The molecule has 0 bridgehead atoms. The first kappa shape index (κ1) is 53.0. The molecule has 322 valence electrons. The maximum atomic E-state index is 12.7. The molecule has 8 heteroatoms. The summed E-state index contributed by atoms with van der Waals surface area (Å²) in [7, 11) is 5.39. The van der Waals surface area contributed by atoms with Gasteiger partial charge in [-0.3, -0.25) is 9.59 Å². The number of carboxylic acid groups (broad SMARTS) is 1. The molecule has 0 aromatic rings. The summed E-state index contributed by atoms with van der Waals surface area (Å²) in [6.45, 7) is 4.50. The molecule has 0 fully saturated rings. The standard InChI is InChI=1S/C48H83NO7/c1-6-8-10-12-14-16-18-20-22-23-24-25-27-29-31-33-35-37-39-47(51)56-44(42-54-41-40-45(48(52)53)49(3,4)5)43-55-46(50)38-36-34-32-30-28-26-21-19-17-15-13-11-9-7-2/h9,11,15,17-18,20,22-25,44-45H,6-8,10,12-14,16,19,21,26-43H2,1-5H3/b11-9+,17-15+,20-18+,23-22+,25-24+. The molecule has 0 aliphatic heterocycles. The predicted octanol–water partition coefficient (Wildman–Crippen LogP) is 10.9. The van der Waals surface area contributed by atoms with Gasteiger partial charge >= 0.3 is 11.9 Å². The maximum Gasteiger partial charge on any atom is 0.306 e. The Hall–Kier alpha value is -2.97. The van der Waals surface area contributed by atoms with Gasteiger partial charge in [0.05, 0.1) is 40.3 Å². The van der Waals surface area contributed by atoms with Crippen molar-refractivity contribution in [1.29, 1.82) is 0 Å². The van der Waals surface area contributed by atoms with Gasteiger partial charge < -0.3 is 28.6 Å². The van der Waals surface area contributed by atoms with Crippen LogP contribution < -0.4 is 5.11 Å². The van der Waals surface area contributed by atoms with Crippen LogP contribution in [0.2, 0.25) is 0 Å². The number of allylic oxidation sites excluding steroid dienone is 10. The van der Waals surface area contributed by atoms with Crippen LogP contribution in [0.5, 0.6) is 0 Å². The molecule has 0 rings (SSSR count). The number of quaternary nitrogens is 1. The lowest BCUT2D eigenvalue weighted by Gasteiger charge is -2.34. The number of esters is 2. The van der Waals surface area contributed by atoms with E-state index in [4.69, 9.17) is 14.2 Å². The summed E-state index contributed by atoms with van der Waals surface area (Å²) in [5.74, 6) is -1.78. The van der Waals surface area contributed by atoms with Gasteiger partial charge in [0, 0.05) is 19.3 Å². The number of carbonyl (C=O) groups excluding carboxylic acids is 3. The third-order valence-electron chi connectivity index (χ3n) is 9.70. The van der Waals surface area contributed by atoms with E-state index in [9.17, 15) is 19.5 Å². The molecule has 0 radical (unpaired) electrons. The molecule has 0 aromatic heterocycles. The maximum absolute atomic E-state index is 12.7. The van der Waals surface area contributed by atoms with Crippen LogP contribution in [0.1, 0.15) is 174 Å². The molecule has 0 spiro atoms. The van der Waals surface area contributed by atoms with Crippen molar-refractivity contribution in [3.63, 3.8) is 0 Å². The summed E-state index contributed by atoms with van der Waals surface area (Å²) in [5.41, 5.74) is 0. The molecular weight excluding hydrogens is 703 g/mol. The number of hydrogen-bond acceptors (Lipinski definition) is 7. The van der Waals surface area contributed by atoms with Gasteiger partial charge in [-0.15, -0.1) is 0 Å². The lowest BCUT2D eigenvalue weighted by molar-refractivity contribution is -0.889. The number of rotatable bonds is 39. The normalized spacial score (nSPS) is 13.5. The van der Waals surface area contributed by atoms with Gasteiger partial charge in [-0.05, 0) is 64.2 Å². The Bertz CT molecular complexity index is 1100. The number of carbonyl (C=O) groups is 3. The molecule has 56 heavy (non-hydrogen) atoms. The monoisotopic (exact) mass is 786 g/mol. The average Bonchev–Trinajstić information content (AvgIpc) is 3.15. The molecule has 0 aliphatic carbocycles. The first-order valence-corrected chi connectivity index (χ1v) is 22.3. The summed E-state index contributed by atoms with van der Waals surface area (Å²) in [6.07, 6.45) is 46.7. The average molecular weight is 786 g/mol. The van der Waals surface area contributed by atoms with Gasteiger partial charge in [-0.1, -0.05) is 152 Å². The second-order valence-electron chi connectivity index (χ2n) is 16.0. The van der Waals surface area contributed by atoms with Crippen molar-refractivity contribution in [2.45, 2.75) is 187 Å². The van der Waals surface area contributed by atoms with Crippen LogP contribution in [0.25, 0.3) is 0 Å². The van der Waals surface area contributed by atoms with E-state index in [0.29, 0.717) is 12.8 Å². The van der Waals surface area contributed by atoms with E-state index in [-0.39, 0.29) is 42.7 Å². The minimum Gasteiger partial charge on any atom is -0.544 e. The molecule has 8 nitrogen and oxygen atoms in total. The van der Waals surface area contributed by atoms with Crippen molar-refractivity contribution >= 4 is 17.9 Å². The summed E-state index contributed by atoms with van der Waals surface area (Å²) in [4.78, 5) is 36.9. The summed E-state index contributed by atoms with van der Waals surface area (Å²) in [5, 5.41) is 11.6. The summed E-state index contributed by atoms with van der Waals surface area (Å²) in [6, 6.07) is -0.733. The molecule has 0 saturated heterocycles. The Balaban J connectivity index is 4.40. The lowest BCUT2D eigenvalue weighted by Crippen LogP contribution is -2.55. The van der Waals surface area contributed by atoms with Gasteiger partial charge in [0.2, 0.25) is 0 Å². The Morgan fingerprint density at radius 3 is 1.61 bits per heavy atom. The predicted molar refractivity (Wildman–Crippen MR) is 231 cm³/mol. The lowest BCUT2D eigenvalue weighted by atomic mass is 10.1. The summed E-state index contributed by atoms with van der Waals surface area (Å²) >= 11 is 0. The Labute approximate surface area is 343 Å².